The summed E-state index contributed by atoms with van der Waals surface area (Å²) in [4.78, 5) is 25.1. The van der Waals surface area contributed by atoms with Crippen molar-refractivity contribution in [1.82, 2.24) is 20.4 Å². The van der Waals surface area contributed by atoms with Crippen LogP contribution in [-0.2, 0) is 24.9 Å². The Hall–Kier alpha value is -4.43. The molecule has 3 heterocycles. The Morgan fingerprint density at radius 3 is 2.51 bits per heavy atom. The Morgan fingerprint density at radius 1 is 0.923 bits per heavy atom. The summed E-state index contributed by atoms with van der Waals surface area (Å²) < 4.78 is 1.81. The Morgan fingerprint density at radius 2 is 1.72 bits per heavy atom. The van der Waals surface area contributed by atoms with Gasteiger partial charge in [-0.05, 0) is 71.1 Å². The van der Waals surface area contributed by atoms with Crippen LogP contribution in [0.4, 0.5) is 16.3 Å². The van der Waals surface area contributed by atoms with E-state index in [1.807, 2.05) is 53.2 Å². The van der Waals surface area contributed by atoms with Gasteiger partial charge >= 0.3 is 6.03 Å². The second kappa shape index (κ2) is 9.71. The summed E-state index contributed by atoms with van der Waals surface area (Å²) in [7, 11) is 0. The van der Waals surface area contributed by atoms with Gasteiger partial charge in [-0.15, -0.1) is 0 Å². The topological polar surface area (TPSA) is 100 Å². The van der Waals surface area contributed by atoms with Crippen molar-refractivity contribution in [3.63, 3.8) is 0 Å². The lowest BCUT2D eigenvalue weighted by molar-refractivity contribution is 0.0965. The summed E-state index contributed by atoms with van der Waals surface area (Å²) in [6.45, 7) is 8.66. The van der Waals surface area contributed by atoms with Crippen molar-refractivity contribution >= 4 is 23.4 Å². The molecule has 3 aromatic carbocycles. The van der Waals surface area contributed by atoms with Gasteiger partial charge in [-0.25, -0.2) is 9.48 Å². The third kappa shape index (κ3) is 4.91. The fourth-order valence-electron chi connectivity index (χ4n) is 5.17. The molecular weight excluding hydrogens is 488 g/mol. The van der Waals surface area contributed by atoms with E-state index in [9.17, 15) is 9.59 Å². The molecule has 8 heteroatoms. The van der Waals surface area contributed by atoms with Crippen LogP contribution in [0.25, 0.3) is 16.8 Å². The van der Waals surface area contributed by atoms with Crippen LogP contribution in [-0.4, -0.2) is 28.3 Å². The van der Waals surface area contributed by atoms with E-state index >= 15 is 0 Å². The summed E-state index contributed by atoms with van der Waals surface area (Å²) in [5.41, 5.74) is 8.62. The number of carbonyl (C=O) groups is 2. The Bertz CT molecular complexity index is 1580. The van der Waals surface area contributed by atoms with Crippen molar-refractivity contribution in [3.05, 3.63) is 94.7 Å². The lowest BCUT2D eigenvalue weighted by atomic mass is 9.92. The molecule has 8 nitrogen and oxygen atoms in total. The van der Waals surface area contributed by atoms with E-state index < -0.39 is 0 Å². The first-order chi connectivity index (χ1) is 18.8. The maximum Gasteiger partial charge on any atom is 0.324 e. The first kappa shape index (κ1) is 24.9. The maximum absolute atomic E-state index is 13.1. The predicted octanol–water partition coefficient (Wildman–Crippen LogP) is 5.37. The minimum atomic E-state index is -0.348. The van der Waals surface area contributed by atoms with E-state index in [2.05, 4.69) is 60.2 Å². The van der Waals surface area contributed by atoms with E-state index in [0.717, 1.165) is 53.1 Å². The van der Waals surface area contributed by atoms with Crippen LogP contribution in [0.2, 0.25) is 0 Å². The van der Waals surface area contributed by atoms with Gasteiger partial charge in [0.15, 0.2) is 0 Å². The predicted molar refractivity (Wildman–Crippen MR) is 153 cm³/mol. The second-order valence-electron chi connectivity index (χ2n) is 11.1. The van der Waals surface area contributed by atoms with Gasteiger partial charge in [-0.3, -0.25) is 10.1 Å². The molecule has 0 radical (unpaired) electrons. The number of urea groups is 1. The van der Waals surface area contributed by atoms with Crippen molar-refractivity contribution in [2.45, 2.75) is 45.7 Å². The van der Waals surface area contributed by atoms with E-state index in [4.69, 9.17) is 5.10 Å². The summed E-state index contributed by atoms with van der Waals surface area (Å²) in [6.07, 6.45) is 1.01. The molecule has 0 fully saturated rings. The molecule has 0 aliphatic carbocycles. The van der Waals surface area contributed by atoms with Gasteiger partial charge in [0.2, 0.25) is 0 Å². The van der Waals surface area contributed by atoms with E-state index in [0.29, 0.717) is 18.1 Å². The molecule has 4 aromatic rings. The number of rotatable bonds is 4. The number of fused-ring (bicyclic) bond motifs is 2. The smallest absolute Gasteiger partial charge is 0.324 e. The molecule has 2 aliphatic heterocycles. The molecule has 2 aliphatic rings. The Balaban J connectivity index is 1.22. The van der Waals surface area contributed by atoms with Crippen LogP contribution in [0.5, 0.6) is 0 Å². The molecule has 39 heavy (non-hydrogen) atoms. The SMILES string of the molecule is CC(C)(C)c1cc(NC(=O)Nc2ccc(-c3cccc4c3CNC4=O)cc2)n(-c2ccc3c(c2)CNCC3)n1. The van der Waals surface area contributed by atoms with Crippen LogP contribution >= 0.6 is 0 Å². The van der Waals surface area contributed by atoms with Crippen molar-refractivity contribution in [3.8, 4) is 16.8 Å². The third-order valence-corrected chi connectivity index (χ3v) is 7.34. The molecule has 3 amide bonds. The van der Waals surface area contributed by atoms with E-state index in [1.165, 1.54) is 11.1 Å². The highest BCUT2D eigenvalue weighted by atomic mass is 16.2. The summed E-state index contributed by atoms with van der Waals surface area (Å²) >= 11 is 0. The number of hydrogen-bond acceptors (Lipinski definition) is 4. The molecule has 198 valence electrons. The highest BCUT2D eigenvalue weighted by molar-refractivity contribution is 6.01. The van der Waals surface area contributed by atoms with Crippen LogP contribution in [0.15, 0.2) is 66.7 Å². The largest absolute Gasteiger partial charge is 0.348 e. The minimum absolute atomic E-state index is 0.0391. The number of hydrogen-bond donors (Lipinski definition) is 4. The zero-order valence-corrected chi connectivity index (χ0v) is 22.4. The number of nitrogens with one attached hydrogen (secondary N) is 4. The van der Waals surface area contributed by atoms with Gasteiger partial charge in [0, 0.05) is 35.8 Å². The highest BCUT2D eigenvalue weighted by Gasteiger charge is 2.23. The molecule has 4 N–H and O–H groups in total. The highest BCUT2D eigenvalue weighted by Crippen LogP contribution is 2.31. The first-order valence-corrected chi connectivity index (χ1v) is 13.3. The fraction of sp³-hybridized carbons (Fsp3) is 0.258. The minimum Gasteiger partial charge on any atom is -0.348 e. The monoisotopic (exact) mass is 520 g/mol. The normalized spacial score (nSPS) is 14.4. The lowest BCUT2D eigenvalue weighted by Crippen LogP contribution is -2.24. The number of anilines is 2. The summed E-state index contributed by atoms with van der Waals surface area (Å²) in [5.74, 6) is 0.567. The number of benzene rings is 3. The first-order valence-electron chi connectivity index (χ1n) is 13.3. The molecular formula is C31H32N6O2. The number of nitrogens with zero attached hydrogens (tertiary/aromatic N) is 2. The standard InChI is InChI=1S/C31H32N6O2/c1-31(2,3)27-16-28(37(36-27)23-12-9-19-13-14-32-17-21(19)15-23)35-30(39)34-22-10-7-20(8-11-22)24-5-4-6-25-26(24)18-33-29(25)38/h4-12,15-16,32H,13-14,17-18H2,1-3H3,(H,33,38)(H2,34,35,39). The van der Waals surface area contributed by atoms with Gasteiger partial charge in [-0.2, -0.15) is 5.10 Å². The second-order valence-corrected chi connectivity index (χ2v) is 11.1. The van der Waals surface area contributed by atoms with Gasteiger partial charge in [0.1, 0.15) is 5.82 Å². The van der Waals surface area contributed by atoms with Gasteiger partial charge in [0.05, 0.1) is 11.4 Å². The molecule has 0 saturated carbocycles. The summed E-state index contributed by atoms with van der Waals surface area (Å²) in [6, 6.07) is 21.4. The summed E-state index contributed by atoms with van der Waals surface area (Å²) in [5, 5.41) is 17.1. The molecule has 0 spiro atoms. The van der Waals surface area contributed by atoms with Gasteiger partial charge < -0.3 is 16.0 Å². The zero-order chi connectivity index (χ0) is 27.1. The van der Waals surface area contributed by atoms with Crippen molar-refractivity contribution in [2.24, 2.45) is 0 Å². The van der Waals surface area contributed by atoms with E-state index in [-0.39, 0.29) is 17.4 Å². The fourth-order valence-corrected chi connectivity index (χ4v) is 5.17. The van der Waals surface area contributed by atoms with Gasteiger partial charge in [0.25, 0.3) is 5.91 Å². The van der Waals surface area contributed by atoms with E-state index in [1.54, 1.807) is 0 Å². The van der Waals surface area contributed by atoms with Gasteiger partial charge in [-0.1, -0.05) is 51.1 Å². The Labute approximate surface area is 227 Å². The van der Waals surface area contributed by atoms with Crippen molar-refractivity contribution in [1.29, 1.82) is 0 Å². The Kier molecular flexibility index (Phi) is 6.19. The van der Waals surface area contributed by atoms with Crippen LogP contribution < -0.4 is 21.3 Å². The molecule has 1 aromatic heterocycles. The van der Waals surface area contributed by atoms with Crippen molar-refractivity contribution < 1.29 is 9.59 Å². The zero-order valence-electron chi connectivity index (χ0n) is 22.4. The number of amides is 3. The van der Waals surface area contributed by atoms with Crippen LogP contribution in [0, 0.1) is 0 Å². The van der Waals surface area contributed by atoms with Crippen LogP contribution in [0.1, 0.15) is 53.5 Å². The molecule has 0 saturated heterocycles. The molecule has 0 unspecified atom stereocenters. The van der Waals surface area contributed by atoms with Crippen LogP contribution in [0.3, 0.4) is 0 Å². The molecule has 0 bridgehead atoms. The maximum atomic E-state index is 13.1. The number of carbonyl (C=O) groups excluding carboxylic acids is 2. The van der Waals surface area contributed by atoms with Crippen molar-refractivity contribution in [2.75, 3.05) is 17.2 Å². The average Bonchev–Trinajstić information content (AvgIpc) is 3.53. The third-order valence-electron chi connectivity index (χ3n) is 7.34. The molecule has 6 rings (SSSR count). The average molecular weight is 521 g/mol. The number of aromatic nitrogens is 2. The molecule has 0 atom stereocenters. The lowest BCUT2D eigenvalue weighted by Gasteiger charge is -2.18. The quantitative estimate of drug-likeness (QED) is 0.291.